The molecule has 1 saturated carbocycles. The monoisotopic (exact) mass is 368 g/mol. The minimum atomic E-state index is -1.14. The lowest BCUT2D eigenvalue weighted by molar-refractivity contribution is -0.140. The molecule has 7 nitrogen and oxygen atoms in total. The Balaban J connectivity index is 1.45. The van der Waals surface area contributed by atoms with Crippen molar-refractivity contribution in [2.75, 3.05) is 6.61 Å². The summed E-state index contributed by atoms with van der Waals surface area (Å²) in [7, 11) is 0. The van der Waals surface area contributed by atoms with Gasteiger partial charge in [-0.2, -0.15) is 0 Å². The van der Waals surface area contributed by atoms with Crippen molar-refractivity contribution < 1.29 is 24.2 Å². The number of carbonyl (C=O) groups excluding carboxylic acids is 1. The summed E-state index contributed by atoms with van der Waals surface area (Å²) in [4.78, 5) is 28.5. The number of hydrogen-bond donors (Lipinski definition) is 2. The number of hydrogen-bond acceptors (Lipinski definition) is 5. The molecule has 1 aromatic heterocycles. The highest BCUT2D eigenvalue weighted by Gasteiger charge is 2.40. The van der Waals surface area contributed by atoms with Crippen molar-refractivity contribution in [3.63, 3.8) is 0 Å². The van der Waals surface area contributed by atoms with Crippen molar-refractivity contribution in [3.8, 4) is 11.5 Å². The zero-order valence-electron chi connectivity index (χ0n) is 14.9. The number of carboxylic acid groups (broad SMARTS) is 1. The van der Waals surface area contributed by atoms with Gasteiger partial charge in [-0.1, -0.05) is 12.1 Å². The van der Waals surface area contributed by atoms with E-state index in [2.05, 4.69) is 10.3 Å². The van der Waals surface area contributed by atoms with E-state index in [-0.39, 0.29) is 30.5 Å². The fourth-order valence-electron chi connectivity index (χ4n) is 3.08. The van der Waals surface area contributed by atoms with Crippen LogP contribution in [0.3, 0.4) is 0 Å². The molecule has 1 aliphatic heterocycles. The Labute approximate surface area is 156 Å². The third-order valence-corrected chi connectivity index (χ3v) is 4.77. The molecule has 2 heterocycles. The maximum atomic E-state index is 12.7. The van der Waals surface area contributed by atoms with E-state index in [1.54, 1.807) is 31.2 Å². The minimum Gasteiger partial charge on any atom is -0.485 e. The maximum absolute atomic E-state index is 12.7. The van der Waals surface area contributed by atoms with E-state index in [1.807, 2.05) is 12.1 Å². The van der Waals surface area contributed by atoms with Gasteiger partial charge in [-0.25, -0.2) is 4.79 Å². The van der Waals surface area contributed by atoms with Gasteiger partial charge in [-0.3, -0.25) is 9.78 Å². The molecule has 1 amide bonds. The molecular weight excluding hydrogens is 348 g/mol. The lowest BCUT2D eigenvalue weighted by Gasteiger charge is -2.34. The first-order valence-corrected chi connectivity index (χ1v) is 8.88. The summed E-state index contributed by atoms with van der Waals surface area (Å²) in [5.74, 6) is 0.0629. The number of nitrogens with one attached hydrogen (secondary N) is 1. The Morgan fingerprint density at radius 2 is 1.96 bits per heavy atom. The van der Waals surface area contributed by atoms with E-state index in [0.29, 0.717) is 22.9 Å². The molecule has 1 atom stereocenters. The van der Waals surface area contributed by atoms with Crippen LogP contribution in [-0.4, -0.2) is 34.2 Å². The molecular formula is C20H20N2O5. The largest absolute Gasteiger partial charge is 0.485 e. The fraction of sp³-hybridized carbons (Fsp3) is 0.350. The van der Waals surface area contributed by atoms with E-state index in [1.165, 1.54) is 0 Å². The first-order chi connectivity index (χ1) is 13.0. The molecule has 0 bridgehead atoms. The zero-order valence-corrected chi connectivity index (χ0v) is 14.9. The first kappa shape index (κ1) is 17.3. The number of ether oxygens (including phenoxy) is 2. The predicted octanol–water partition coefficient (Wildman–Crippen LogP) is 2.50. The number of carboxylic acids is 1. The highest BCUT2D eigenvalue weighted by molar-refractivity contribution is 5.89. The van der Waals surface area contributed by atoms with Crippen molar-refractivity contribution in [1.82, 2.24) is 10.3 Å². The highest BCUT2D eigenvalue weighted by atomic mass is 16.6. The normalized spacial score (nSPS) is 20.8. The molecule has 2 aromatic rings. The summed E-state index contributed by atoms with van der Waals surface area (Å²) >= 11 is 0. The number of nitrogens with zero attached hydrogens (tertiary/aromatic N) is 1. The molecule has 0 saturated heterocycles. The molecule has 1 fully saturated rings. The zero-order chi connectivity index (χ0) is 19.0. The van der Waals surface area contributed by atoms with E-state index >= 15 is 0 Å². The number of aromatic carboxylic acids is 1. The summed E-state index contributed by atoms with van der Waals surface area (Å²) in [5, 5.41) is 12.1. The first-order valence-electron chi connectivity index (χ1n) is 8.88. The maximum Gasteiger partial charge on any atom is 0.337 e. The Morgan fingerprint density at radius 3 is 2.67 bits per heavy atom. The van der Waals surface area contributed by atoms with Gasteiger partial charge in [0.15, 0.2) is 11.5 Å². The minimum absolute atomic E-state index is 0.106. The van der Waals surface area contributed by atoms with E-state index in [0.717, 1.165) is 12.8 Å². The van der Waals surface area contributed by atoms with Gasteiger partial charge in [0, 0.05) is 5.92 Å². The number of carbonyl (C=O) groups is 2. The predicted molar refractivity (Wildman–Crippen MR) is 96.0 cm³/mol. The number of pyridine rings is 1. The second kappa shape index (κ2) is 6.57. The lowest BCUT2D eigenvalue weighted by atomic mass is 10.1. The van der Waals surface area contributed by atoms with Gasteiger partial charge in [0.1, 0.15) is 6.61 Å². The number of para-hydroxylation sites is 2. The van der Waals surface area contributed by atoms with Crippen LogP contribution in [-0.2, 0) is 11.3 Å². The summed E-state index contributed by atoms with van der Waals surface area (Å²) in [6.07, 6.45) is 1.90. The van der Waals surface area contributed by atoms with Crippen LogP contribution in [0.4, 0.5) is 0 Å². The number of amides is 1. The van der Waals surface area contributed by atoms with Crippen LogP contribution in [0.15, 0.2) is 36.4 Å². The van der Waals surface area contributed by atoms with Gasteiger partial charge < -0.3 is 19.9 Å². The van der Waals surface area contributed by atoms with E-state index < -0.39 is 11.6 Å². The van der Waals surface area contributed by atoms with Crippen LogP contribution in [0.2, 0.25) is 0 Å². The molecule has 27 heavy (non-hydrogen) atoms. The van der Waals surface area contributed by atoms with Crippen molar-refractivity contribution in [2.24, 2.45) is 0 Å². The molecule has 1 aromatic carbocycles. The van der Waals surface area contributed by atoms with Crippen LogP contribution in [0.5, 0.6) is 11.5 Å². The summed E-state index contributed by atoms with van der Waals surface area (Å²) in [6, 6.07) is 10.4. The fourth-order valence-corrected chi connectivity index (χ4v) is 3.08. The molecule has 140 valence electrons. The Morgan fingerprint density at radius 1 is 1.22 bits per heavy atom. The summed E-state index contributed by atoms with van der Waals surface area (Å²) < 4.78 is 11.5. The van der Waals surface area contributed by atoms with Gasteiger partial charge in [-0.15, -0.1) is 0 Å². The third-order valence-electron chi connectivity index (χ3n) is 4.77. The third kappa shape index (κ3) is 3.45. The standard InChI is InChI=1S/C20H20N2O5/c1-20(11-26-15-4-2-3-5-16(15)27-20)19(25)21-10-13-8-9-14(18(23)24)17(22-13)12-6-7-12/h2-5,8-9,12H,6-7,10-11H2,1H3,(H,21,25)(H,23,24). The van der Waals surface area contributed by atoms with Crippen molar-refractivity contribution in [3.05, 3.63) is 53.3 Å². The highest BCUT2D eigenvalue weighted by Crippen LogP contribution is 2.40. The molecule has 4 rings (SSSR count). The van der Waals surface area contributed by atoms with Crippen molar-refractivity contribution in [1.29, 1.82) is 0 Å². The Bertz CT molecular complexity index is 909. The average molecular weight is 368 g/mol. The summed E-state index contributed by atoms with van der Waals surface area (Å²) in [6.45, 7) is 1.97. The van der Waals surface area contributed by atoms with Gasteiger partial charge in [0.25, 0.3) is 5.91 Å². The molecule has 7 heteroatoms. The topological polar surface area (TPSA) is 97.8 Å². The Kier molecular flexibility index (Phi) is 4.22. The quantitative estimate of drug-likeness (QED) is 0.842. The second-order valence-corrected chi connectivity index (χ2v) is 7.07. The van der Waals surface area contributed by atoms with Crippen LogP contribution >= 0.6 is 0 Å². The van der Waals surface area contributed by atoms with Crippen molar-refractivity contribution >= 4 is 11.9 Å². The second-order valence-electron chi connectivity index (χ2n) is 7.07. The van der Waals surface area contributed by atoms with E-state index in [9.17, 15) is 14.7 Å². The Hall–Kier alpha value is -3.09. The molecule has 1 unspecified atom stereocenters. The van der Waals surface area contributed by atoms with Gasteiger partial charge in [-0.05, 0) is 44.0 Å². The summed E-state index contributed by atoms with van der Waals surface area (Å²) in [5.41, 5.74) is 0.317. The number of aromatic nitrogens is 1. The molecule has 0 spiro atoms. The van der Waals surface area contributed by atoms with Gasteiger partial charge in [0.2, 0.25) is 5.60 Å². The average Bonchev–Trinajstić information content (AvgIpc) is 3.50. The lowest BCUT2D eigenvalue weighted by Crippen LogP contribution is -2.54. The van der Waals surface area contributed by atoms with Crippen LogP contribution in [0.25, 0.3) is 0 Å². The molecule has 0 radical (unpaired) electrons. The van der Waals surface area contributed by atoms with Gasteiger partial charge >= 0.3 is 5.97 Å². The van der Waals surface area contributed by atoms with Crippen LogP contribution in [0.1, 0.15) is 47.4 Å². The SMILES string of the molecule is CC1(C(=O)NCc2ccc(C(=O)O)c(C3CC3)n2)COc2ccccc2O1. The number of fused-ring (bicyclic) bond motifs is 1. The smallest absolute Gasteiger partial charge is 0.337 e. The van der Waals surface area contributed by atoms with E-state index in [4.69, 9.17) is 9.47 Å². The molecule has 1 aliphatic carbocycles. The van der Waals surface area contributed by atoms with Crippen LogP contribution in [0, 0.1) is 0 Å². The molecule has 2 aliphatic rings. The van der Waals surface area contributed by atoms with Crippen molar-refractivity contribution in [2.45, 2.75) is 37.8 Å². The van der Waals surface area contributed by atoms with Gasteiger partial charge in [0.05, 0.1) is 23.5 Å². The number of benzene rings is 1. The molecule has 2 N–H and O–H groups in total. The van der Waals surface area contributed by atoms with Crippen LogP contribution < -0.4 is 14.8 Å². The number of rotatable bonds is 5.